The SMILES string of the molecule is O=C(c1nn(-c2ccccc2F)c2c1CCC2)N1CCCNCC1. The fourth-order valence-electron chi connectivity index (χ4n) is 3.63. The van der Waals surface area contributed by atoms with E-state index in [2.05, 4.69) is 10.4 Å². The van der Waals surface area contributed by atoms with Crippen LogP contribution in [0, 0.1) is 5.82 Å². The molecular formula is C18H21FN4O. The van der Waals surface area contributed by atoms with Crippen molar-refractivity contribution in [2.75, 3.05) is 26.2 Å². The van der Waals surface area contributed by atoms with Crippen molar-refractivity contribution in [3.05, 3.63) is 47.0 Å². The van der Waals surface area contributed by atoms with E-state index in [9.17, 15) is 9.18 Å². The fraction of sp³-hybridized carbons (Fsp3) is 0.444. The molecule has 1 aromatic heterocycles. The second-order valence-corrected chi connectivity index (χ2v) is 6.39. The van der Waals surface area contributed by atoms with Gasteiger partial charge in [0.2, 0.25) is 0 Å². The summed E-state index contributed by atoms with van der Waals surface area (Å²) < 4.78 is 15.8. The Morgan fingerprint density at radius 3 is 2.88 bits per heavy atom. The number of amides is 1. The molecule has 0 radical (unpaired) electrons. The lowest BCUT2D eigenvalue weighted by Gasteiger charge is -2.19. The van der Waals surface area contributed by atoms with Crippen molar-refractivity contribution in [2.45, 2.75) is 25.7 Å². The molecule has 1 N–H and O–H groups in total. The number of fused-ring (bicyclic) bond motifs is 1. The van der Waals surface area contributed by atoms with Crippen molar-refractivity contribution in [3.8, 4) is 5.69 Å². The van der Waals surface area contributed by atoms with Gasteiger partial charge in [-0.15, -0.1) is 0 Å². The maximum absolute atomic E-state index is 14.2. The van der Waals surface area contributed by atoms with Crippen LogP contribution < -0.4 is 5.32 Å². The van der Waals surface area contributed by atoms with Crippen LogP contribution in [0.3, 0.4) is 0 Å². The Balaban J connectivity index is 1.73. The largest absolute Gasteiger partial charge is 0.336 e. The van der Waals surface area contributed by atoms with Gasteiger partial charge in [-0.25, -0.2) is 9.07 Å². The third-order valence-electron chi connectivity index (χ3n) is 4.84. The number of nitrogens with one attached hydrogen (secondary N) is 1. The van der Waals surface area contributed by atoms with Crippen molar-refractivity contribution in [1.29, 1.82) is 0 Å². The van der Waals surface area contributed by atoms with Crippen molar-refractivity contribution >= 4 is 5.91 Å². The van der Waals surface area contributed by atoms with E-state index in [0.717, 1.165) is 56.6 Å². The van der Waals surface area contributed by atoms with Gasteiger partial charge in [0, 0.05) is 30.9 Å². The molecule has 2 heterocycles. The summed E-state index contributed by atoms with van der Waals surface area (Å²) in [5, 5.41) is 7.84. The van der Waals surface area contributed by atoms with E-state index in [1.807, 2.05) is 4.90 Å². The van der Waals surface area contributed by atoms with Crippen LogP contribution in [-0.2, 0) is 12.8 Å². The molecule has 24 heavy (non-hydrogen) atoms. The van der Waals surface area contributed by atoms with E-state index in [-0.39, 0.29) is 11.7 Å². The van der Waals surface area contributed by atoms with E-state index in [0.29, 0.717) is 17.9 Å². The van der Waals surface area contributed by atoms with Gasteiger partial charge in [0.05, 0.1) is 0 Å². The van der Waals surface area contributed by atoms with Gasteiger partial charge in [-0.2, -0.15) is 5.10 Å². The third kappa shape index (κ3) is 2.60. The van der Waals surface area contributed by atoms with Crippen molar-refractivity contribution in [2.24, 2.45) is 0 Å². The Bertz CT molecular complexity index is 762. The number of hydrogen-bond acceptors (Lipinski definition) is 3. The van der Waals surface area contributed by atoms with E-state index < -0.39 is 0 Å². The molecule has 4 rings (SSSR count). The molecule has 0 bridgehead atoms. The molecular weight excluding hydrogens is 307 g/mol. The Labute approximate surface area is 140 Å². The first kappa shape index (κ1) is 15.3. The number of hydrogen-bond donors (Lipinski definition) is 1. The van der Waals surface area contributed by atoms with E-state index in [4.69, 9.17) is 0 Å². The first-order valence-electron chi connectivity index (χ1n) is 8.61. The number of carbonyl (C=O) groups excluding carboxylic acids is 1. The van der Waals surface area contributed by atoms with Gasteiger partial charge < -0.3 is 10.2 Å². The molecule has 2 aliphatic rings. The third-order valence-corrected chi connectivity index (χ3v) is 4.84. The summed E-state index contributed by atoms with van der Waals surface area (Å²) in [7, 11) is 0. The first-order valence-corrected chi connectivity index (χ1v) is 8.61. The topological polar surface area (TPSA) is 50.2 Å². The van der Waals surface area contributed by atoms with Gasteiger partial charge in [0.1, 0.15) is 11.5 Å². The Hall–Kier alpha value is -2.21. The first-order chi connectivity index (χ1) is 11.8. The molecule has 1 aliphatic heterocycles. The van der Waals surface area contributed by atoms with Crippen LogP contribution in [0.1, 0.15) is 34.6 Å². The van der Waals surface area contributed by atoms with Crippen LogP contribution in [-0.4, -0.2) is 46.8 Å². The second-order valence-electron chi connectivity index (χ2n) is 6.39. The van der Waals surface area contributed by atoms with Crippen LogP contribution in [0.5, 0.6) is 0 Å². The molecule has 5 nitrogen and oxygen atoms in total. The minimum atomic E-state index is -0.312. The maximum Gasteiger partial charge on any atom is 0.274 e. The zero-order valence-corrected chi connectivity index (χ0v) is 13.6. The highest BCUT2D eigenvalue weighted by atomic mass is 19.1. The molecule has 0 saturated carbocycles. The number of halogens is 1. The van der Waals surface area contributed by atoms with E-state index in [1.165, 1.54) is 6.07 Å². The lowest BCUT2D eigenvalue weighted by atomic mass is 10.2. The molecule has 1 fully saturated rings. The van der Waals surface area contributed by atoms with E-state index in [1.54, 1.807) is 22.9 Å². The summed E-state index contributed by atoms with van der Waals surface area (Å²) in [6.07, 6.45) is 3.62. The lowest BCUT2D eigenvalue weighted by Crippen LogP contribution is -2.35. The number of nitrogens with zero attached hydrogens (tertiary/aromatic N) is 3. The molecule has 1 aromatic carbocycles. The highest BCUT2D eigenvalue weighted by Gasteiger charge is 2.30. The molecule has 0 atom stereocenters. The van der Waals surface area contributed by atoms with Crippen molar-refractivity contribution < 1.29 is 9.18 Å². The van der Waals surface area contributed by atoms with Crippen LogP contribution in [0.2, 0.25) is 0 Å². The number of carbonyl (C=O) groups is 1. The van der Waals surface area contributed by atoms with Crippen LogP contribution in [0.15, 0.2) is 24.3 Å². The van der Waals surface area contributed by atoms with Gasteiger partial charge in [-0.1, -0.05) is 12.1 Å². The molecule has 1 aliphatic carbocycles. The van der Waals surface area contributed by atoms with Crippen molar-refractivity contribution in [3.63, 3.8) is 0 Å². The zero-order valence-electron chi connectivity index (χ0n) is 13.6. The predicted octanol–water partition coefficient (Wildman–Crippen LogP) is 1.94. The van der Waals surface area contributed by atoms with Gasteiger partial charge in [0.25, 0.3) is 5.91 Å². The average molecular weight is 328 g/mol. The number of rotatable bonds is 2. The molecule has 6 heteroatoms. The van der Waals surface area contributed by atoms with Crippen LogP contribution in [0.4, 0.5) is 4.39 Å². The summed E-state index contributed by atoms with van der Waals surface area (Å²) in [5.74, 6) is -0.334. The molecule has 1 saturated heterocycles. The molecule has 1 amide bonds. The number of para-hydroxylation sites is 1. The van der Waals surface area contributed by atoms with Gasteiger partial charge >= 0.3 is 0 Å². The highest BCUT2D eigenvalue weighted by Crippen LogP contribution is 2.29. The molecule has 0 unspecified atom stereocenters. The Morgan fingerprint density at radius 1 is 1.12 bits per heavy atom. The molecule has 2 aromatic rings. The quantitative estimate of drug-likeness (QED) is 0.916. The number of aromatic nitrogens is 2. The summed E-state index contributed by atoms with van der Waals surface area (Å²) in [6, 6.07) is 6.60. The van der Waals surface area contributed by atoms with Gasteiger partial charge in [-0.05, 0) is 44.4 Å². The minimum absolute atomic E-state index is 0.0214. The van der Waals surface area contributed by atoms with Gasteiger partial charge in [-0.3, -0.25) is 4.79 Å². The molecule has 126 valence electrons. The summed E-state index contributed by atoms with van der Waals surface area (Å²) in [5.41, 5.74) is 2.91. The highest BCUT2D eigenvalue weighted by molar-refractivity contribution is 5.94. The normalized spacial score (nSPS) is 17.6. The molecule has 0 spiro atoms. The fourth-order valence-corrected chi connectivity index (χ4v) is 3.63. The Morgan fingerprint density at radius 2 is 2.00 bits per heavy atom. The van der Waals surface area contributed by atoms with Crippen LogP contribution in [0.25, 0.3) is 5.69 Å². The predicted molar refractivity (Wildman–Crippen MR) is 88.9 cm³/mol. The minimum Gasteiger partial charge on any atom is -0.336 e. The van der Waals surface area contributed by atoms with Crippen molar-refractivity contribution in [1.82, 2.24) is 20.0 Å². The summed E-state index contributed by atoms with van der Waals surface area (Å²) in [4.78, 5) is 14.8. The smallest absolute Gasteiger partial charge is 0.274 e. The summed E-state index contributed by atoms with van der Waals surface area (Å²) >= 11 is 0. The standard InChI is InChI=1S/C18H21FN4O/c19-14-6-1-2-7-16(14)23-15-8-3-5-13(15)17(21-23)18(24)22-11-4-9-20-10-12-22/h1-2,6-7,20H,3-5,8-12H2. The van der Waals surface area contributed by atoms with Gasteiger partial charge in [0.15, 0.2) is 5.69 Å². The Kier molecular flexibility index (Phi) is 4.06. The van der Waals surface area contributed by atoms with E-state index >= 15 is 0 Å². The second kappa shape index (κ2) is 6.36. The summed E-state index contributed by atoms with van der Waals surface area (Å²) in [6.45, 7) is 3.18. The maximum atomic E-state index is 14.2. The zero-order chi connectivity index (χ0) is 16.5. The lowest BCUT2D eigenvalue weighted by molar-refractivity contribution is 0.0759. The average Bonchev–Trinajstić information content (AvgIpc) is 3.08. The monoisotopic (exact) mass is 328 g/mol. The number of benzene rings is 1. The van der Waals surface area contributed by atoms with Crippen LogP contribution >= 0.6 is 0 Å².